The van der Waals surface area contributed by atoms with Gasteiger partial charge < -0.3 is 31.4 Å². The van der Waals surface area contributed by atoms with Gasteiger partial charge in [-0.2, -0.15) is 0 Å². The highest BCUT2D eigenvalue weighted by atomic mass is 16.6. The lowest BCUT2D eigenvalue weighted by Crippen LogP contribution is -2.61. The van der Waals surface area contributed by atoms with Gasteiger partial charge in [0.15, 0.2) is 0 Å². The third kappa shape index (κ3) is 8.42. The fourth-order valence-electron chi connectivity index (χ4n) is 5.69. The average molecular weight is 577 g/mol. The van der Waals surface area contributed by atoms with E-state index in [1.165, 1.54) is 12.0 Å². The summed E-state index contributed by atoms with van der Waals surface area (Å²) in [6.45, 7) is 11.7. The third-order valence-corrected chi connectivity index (χ3v) is 8.37. The molecule has 0 radical (unpaired) electrons. The molecule has 2 aliphatic carbocycles. The number of amides is 5. The van der Waals surface area contributed by atoms with Crippen molar-refractivity contribution >= 4 is 35.2 Å². The van der Waals surface area contributed by atoms with E-state index >= 15 is 0 Å². The number of likely N-dealkylation sites (tertiary alicyclic amines) is 1. The first-order chi connectivity index (χ1) is 19.1. The van der Waals surface area contributed by atoms with Crippen LogP contribution in [0.3, 0.4) is 0 Å². The number of oxime groups is 1. The molecule has 2 saturated carbocycles. The monoisotopic (exact) mass is 576 g/mol. The largest absolute Gasteiger partial charge is 0.399 e. The molecular formula is C29H48N6O6. The highest BCUT2D eigenvalue weighted by Crippen LogP contribution is 2.36. The van der Waals surface area contributed by atoms with Gasteiger partial charge >= 0.3 is 6.03 Å². The van der Waals surface area contributed by atoms with Crippen LogP contribution in [-0.4, -0.2) is 78.0 Å². The van der Waals surface area contributed by atoms with E-state index in [0.717, 1.165) is 31.4 Å². The number of hydrogen-bond acceptors (Lipinski definition) is 7. The zero-order valence-corrected chi connectivity index (χ0v) is 25.5. The van der Waals surface area contributed by atoms with Crippen LogP contribution in [0.2, 0.25) is 0 Å². The highest BCUT2D eigenvalue weighted by molar-refractivity contribution is 6.37. The first kappa shape index (κ1) is 32.3. The summed E-state index contributed by atoms with van der Waals surface area (Å²) in [7, 11) is 1.47. The molecule has 1 heterocycles. The molecule has 0 aromatic heterocycles. The molecule has 3 fully saturated rings. The maximum absolute atomic E-state index is 14.1. The summed E-state index contributed by atoms with van der Waals surface area (Å²) in [5, 5.41) is 12.6. The lowest BCUT2D eigenvalue weighted by Gasteiger charge is -2.37. The summed E-state index contributed by atoms with van der Waals surface area (Å²) in [5.41, 5.74) is 5.35. The topological polar surface area (TPSA) is 172 Å². The number of carbonyl (C=O) groups excluding carboxylic acids is 5. The van der Waals surface area contributed by atoms with Gasteiger partial charge in [0, 0.05) is 12.5 Å². The van der Waals surface area contributed by atoms with Gasteiger partial charge in [0.05, 0.1) is 17.8 Å². The second-order valence-electron chi connectivity index (χ2n) is 13.3. The normalized spacial score (nSPS) is 23.4. The van der Waals surface area contributed by atoms with Crippen molar-refractivity contribution in [1.29, 1.82) is 0 Å². The minimum Gasteiger partial charge on any atom is -0.399 e. The number of ketones is 1. The van der Waals surface area contributed by atoms with Crippen LogP contribution in [0.4, 0.5) is 4.79 Å². The van der Waals surface area contributed by atoms with E-state index in [1.807, 2.05) is 41.5 Å². The molecule has 12 nitrogen and oxygen atoms in total. The molecule has 230 valence electrons. The first-order valence-corrected chi connectivity index (χ1v) is 14.8. The van der Waals surface area contributed by atoms with Crippen LogP contribution < -0.4 is 21.7 Å². The molecule has 5 atom stereocenters. The zero-order valence-electron chi connectivity index (χ0n) is 25.5. The molecule has 0 spiro atoms. The molecule has 12 heteroatoms. The van der Waals surface area contributed by atoms with Crippen LogP contribution in [0.1, 0.15) is 80.1 Å². The molecular weight excluding hydrogens is 528 g/mol. The van der Waals surface area contributed by atoms with Crippen molar-refractivity contribution < 1.29 is 28.8 Å². The molecule has 5 N–H and O–H groups in total. The Hall–Kier alpha value is -3.18. The van der Waals surface area contributed by atoms with Crippen LogP contribution in [0.5, 0.6) is 0 Å². The number of urea groups is 1. The maximum Gasteiger partial charge on any atom is 0.315 e. The summed E-state index contributed by atoms with van der Waals surface area (Å²) in [5.74, 6) is -2.34. The van der Waals surface area contributed by atoms with Crippen LogP contribution in [0.15, 0.2) is 5.16 Å². The van der Waals surface area contributed by atoms with Crippen molar-refractivity contribution in [2.24, 2.45) is 40.0 Å². The Labute approximate surface area is 242 Å². The lowest BCUT2D eigenvalue weighted by molar-refractivity contribution is -0.144. The molecule has 1 saturated heterocycles. The summed E-state index contributed by atoms with van der Waals surface area (Å²) in [6.07, 6.45) is 4.78. The van der Waals surface area contributed by atoms with E-state index < -0.39 is 47.2 Å². The predicted molar refractivity (Wildman–Crippen MR) is 153 cm³/mol. The summed E-state index contributed by atoms with van der Waals surface area (Å²) < 4.78 is 0. The SMILES string of the molecule is CO/N=C(/C1CC1)[C@H](C)NC(=O)N[C@H](C(=O)N1CCC(C(C)C)[C@H]1C(=O)NC(CC1CC1)C(=O)C(N)=O)C(C)(C)C. The molecule has 1 aliphatic heterocycles. The standard InChI is InChI=1S/C29H48N6O6/c1-15(2)19-12-13-35(22(19)26(38)32-20(14-17-8-9-17)23(36)25(30)37)27(39)24(29(4,5)6)33-28(40)31-16(3)21(34-41-7)18-10-11-18/h15-20,22,24H,8-14H2,1-7H3,(H2,30,37)(H,32,38)(H2,31,33,40)/b34-21+/t16-,19?,20?,22-,24+/m0/s1. The number of hydrogen-bond donors (Lipinski definition) is 4. The Balaban J connectivity index is 1.79. The van der Waals surface area contributed by atoms with Gasteiger partial charge in [-0.3, -0.25) is 19.2 Å². The van der Waals surface area contributed by atoms with E-state index in [-0.39, 0.29) is 35.6 Å². The number of nitrogens with one attached hydrogen (secondary N) is 3. The molecule has 5 amide bonds. The summed E-state index contributed by atoms with van der Waals surface area (Å²) in [4.78, 5) is 71.6. The van der Waals surface area contributed by atoms with Crippen molar-refractivity contribution in [3.8, 4) is 0 Å². The average Bonchev–Trinajstić information content (AvgIpc) is 3.82. The second-order valence-corrected chi connectivity index (χ2v) is 13.3. The van der Waals surface area contributed by atoms with Gasteiger partial charge in [0.25, 0.3) is 5.91 Å². The summed E-state index contributed by atoms with van der Waals surface area (Å²) >= 11 is 0. The fourth-order valence-corrected chi connectivity index (χ4v) is 5.69. The Morgan fingerprint density at radius 1 is 0.976 bits per heavy atom. The number of nitrogens with two attached hydrogens (primary N) is 1. The van der Waals surface area contributed by atoms with Gasteiger partial charge in [-0.1, -0.05) is 52.6 Å². The number of rotatable bonds is 13. The molecule has 3 aliphatic rings. The maximum atomic E-state index is 14.1. The Morgan fingerprint density at radius 3 is 2.10 bits per heavy atom. The van der Waals surface area contributed by atoms with Crippen LogP contribution in [-0.2, 0) is 24.0 Å². The van der Waals surface area contributed by atoms with E-state index in [4.69, 9.17) is 10.6 Å². The Morgan fingerprint density at radius 2 is 1.61 bits per heavy atom. The van der Waals surface area contributed by atoms with Gasteiger partial charge in [-0.05, 0) is 55.8 Å². The van der Waals surface area contributed by atoms with E-state index in [1.54, 1.807) is 0 Å². The minimum atomic E-state index is -1.09. The van der Waals surface area contributed by atoms with Crippen molar-refractivity contribution in [3.05, 3.63) is 0 Å². The molecule has 3 rings (SSSR count). The van der Waals surface area contributed by atoms with Gasteiger partial charge in [0.1, 0.15) is 19.2 Å². The lowest BCUT2D eigenvalue weighted by atomic mass is 9.84. The van der Waals surface area contributed by atoms with Crippen molar-refractivity contribution in [2.45, 2.75) is 104 Å². The van der Waals surface area contributed by atoms with E-state index in [9.17, 15) is 24.0 Å². The quantitative estimate of drug-likeness (QED) is 0.148. The molecule has 41 heavy (non-hydrogen) atoms. The molecule has 0 bridgehead atoms. The predicted octanol–water partition coefficient (Wildman–Crippen LogP) is 1.71. The third-order valence-electron chi connectivity index (χ3n) is 8.37. The molecule has 0 aromatic rings. The second kappa shape index (κ2) is 13.2. The Bertz CT molecular complexity index is 1040. The highest BCUT2D eigenvalue weighted by Gasteiger charge is 2.48. The Kier molecular flexibility index (Phi) is 10.4. The van der Waals surface area contributed by atoms with Crippen LogP contribution in [0, 0.1) is 29.1 Å². The van der Waals surface area contributed by atoms with Crippen molar-refractivity contribution in [2.75, 3.05) is 13.7 Å². The van der Waals surface area contributed by atoms with E-state index in [2.05, 4.69) is 21.1 Å². The minimum absolute atomic E-state index is 0.0726. The molecule has 0 aromatic carbocycles. The van der Waals surface area contributed by atoms with Gasteiger partial charge in [0.2, 0.25) is 17.6 Å². The van der Waals surface area contributed by atoms with Crippen LogP contribution in [0.25, 0.3) is 0 Å². The smallest absolute Gasteiger partial charge is 0.315 e. The van der Waals surface area contributed by atoms with Gasteiger partial charge in [-0.15, -0.1) is 0 Å². The number of primary amides is 1. The van der Waals surface area contributed by atoms with Gasteiger partial charge in [-0.25, -0.2) is 4.79 Å². The first-order valence-electron chi connectivity index (χ1n) is 14.8. The van der Waals surface area contributed by atoms with E-state index in [0.29, 0.717) is 19.4 Å². The fraction of sp³-hybridized carbons (Fsp3) is 0.793. The molecule has 2 unspecified atom stereocenters. The van der Waals surface area contributed by atoms with Crippen LogP contribution >= 0.6 is 0 Å². The summed E-state index contributed by atoms with van der Waals surface area (Å²) in [6, 6.07) is -3.72. The van der Waals surface area contributed by atoms with Crippen molar-refractivity contribution in [1.82, 2.24) is 20.9 Å². The number of nitrogens with zero attached hydrogens (tertiary/aromatic N) is 2. The number of Topliss-reactive ketones (excluding diaryl/α,β-unsaturated/α-hetero) is 1. The zero-order chi connectivity index (χ0) is 30.6. The number of carbonyl (C=O) groups is 5. The van der Waals surface area contributed by atoms with Crippen molar-refractivity contribution in [3.63, 3.8) is 0 Å².